The lowest BCUT2D eigenvalue weighted by atomic mass is 9.91. The molecule has 3 aromatic rings. The summed E-state index contributed by atoms with van der Waals surface area (Å²) in [5.41, 5.74) is -1.20. The molecule has 204 valence electrons. The maximum atomic E-state index is 15.4. The van der Waals surface area contributed by atoms with Gasteiger partial charge in [-0.1, -0.05) is 12.1 Å². The molecule has 0 radical (unpaired) electrons. The molecular formula is C27H33F3N6O2. The largest absolute Gasteiger partial charge is 0.384 e. The van der Waals surface area contributed by atoms with E-state index in [2.05, 4.69) is 25.2 Å². The van der Waals surface area contributed by atoms with E-state index in [0.29, 0.717) is 48.9 Å². The second-order valence-electron chi connectivity index (χ2n) is 10.3. The number of aromatic nitrogens is 3. The number of alkyl halides is 2. The van der Waals surface area contributed by atoms with Gasteiger partial charge in [-0.2, -0.15) is 8.78 Å². The lowest BCUT2D eigenvalue weighted by Gasteiger charge is -2.36. The predicted molar refractivity (Wildman–Crippen MR) is 140 cm³/mol. The van der Waals surface area contributed by atoms with Crippen LogP contribution in [0.1, 0.15) is 56.4 Å². The van der Waals surface area contributed by atoms with Crippen molar-refractivity contribution in [2.75, 3.05) is 36.4 Å². The van der Waals surface area contributed by atoms with Crippen LogP contribution in [0.4, 0.5) is 24.7 Å². The Bertz CT molecular complexity index is 1370. The number of carbonyl (C=O) groups is 1. The number of aryl methyl sites for hydroxylation is 2. The first kappa shape index (κ1) is 27.6. The van der Waals surface area contributed by atoms with Gasteiger partial charge < -0.3 is 20.2 Å². The third-order valence-corrected chi connectivity index (χ3v) is 6.98. The van der Waals surface area contributed by atoms with Crippen molar-refractivity contribution < 1.29 is 23.1 Å². The molecule has 1 saturated heterocycles. The van der Waals surface area contributed by atoms with E-state index in [1.165, 1.54) is 12.1 Å². The van der Waals surface area contributed by atoms with Gasteiger partial charge >= 0.3 is 5.92 Å². The van der Waals surface area contributed by atoms with Crippen molar-refractivity contribution >= 4 is 28.4 Å². The molecular weight excluding hydrogens is 497 g/mol. The van der Waals surface area contributed by atoms with Gasteiger partial charge in [-0.05, 0) is 46.8 Å². The zero-order valence-electron chi connectivity index (χ0n) is 22.4. The van der Waals surface area contributed by atoms with Crippen LogP contribution in [0.2, 0.25) is 0 Å². The molecule has 1 atom stereocenters. The number of halogens is 3. The highest BCUT2D eigenvalue weighted by Crippen LogP contribution is 2.41. The second-order valence-corrected chi connectivity index (χ2v) is 10.3. The standard InChI is InChI=1S/C27H33F3N6O2/c1-15(19-8-7-9-21(23(19)28)27(29,30)26(5,6)38)31-24-20-14-22(16(2)32-25(20)34-17(3)33-24)36-12-10-35(11-13-36)18(4)37/h7-9,14-15,38H,10-13H2,1-6H3,(H,31,32,33,34). The molecule has 1 unspecified atom stereocenters. The molecule has 1 aromatic carbocycles. The number of rotatable bonds is 6. The van der Waals surface area contributed by atoms with E-state index in [4.69, 9.17) is 0 Å². The number of carbonyl (C=O) groups excluding carboxylic acids is 1. The normalized spacial score (nSPS) is 15.6. The molecule has 8 nitrogen and oxygen atoms in total. The monoisotopic (exact) mass is 530 g/mol. The molecule has 0 aliphatic carbocycles. The van der Waals surface area contributed by atoms with Crippen LogP contribution in [0.5, 0.6) is 0 Å². The summed E-state index contributed by atoms with van der Waals surface area (Å²) in [5, 5.41) is 13.7. The maximum Gasteiger partial charge on any atom is 0.303 e. The lowest BCUT2D eigenvalue weighted by molar-refractivity contribution is -0.170. The van der Waals surface area contributed by atoms with Gasteiger partial charge in [0.15, 0.2) is 5.65 Å². The third-order valence-electron chi connectivity index (χ3n) is 6.98. The first-order chi connectivity index (χ1) is 17.7. The molecule has 1 aliphatic heterocycles. The Balaban J connectivity index is 1.70. The van der Waals surface area contributed by atoms with E-state index < -0.39 is 28.9 Å². The maximum absolute atomic E-state index is 15.4. The Hall–Kier alpha value is -3.47. The summed E-state index contributed by atoms with van der Waals surface area (Å²) in [4.78, 5) is 29.3. The van der Waals surface area contributed by atoms with Crippen molar-refractivity contribution in [3.63, 3.8) is 0 Å². The fourth-order valence-corrected chi connectivity index (χ4v) is 4.67. The quantitative estimate of drug-likeness (QED) is 0.485. The number of benzene rings is 1. The molecule has 1 amide bonds. The highest BCUT2D eigenvalue weighted by molar-refractivity contribution is 5.90. The zero-order chi connectivity index (χ0) is 28.0. The summed E-state index contributed by atoms with van der Waals surface area (Å²) in [7, 11) is 0. The van der Waals surface area contributed by atoms with Crippen LogP contribution >= 0.6 is 0 Å². The molecule has 1 fully saturated rings. The van der Waals surface area contributed by atoms with E-state index in [0.717, 1.165) is 31.3 Å². The summed E-state index contributed by atoms with van der Waals surface area (Å²) in [6.07, 6.45) is 0. The van der Waals surface area contributed by atoms with Gasteiger partial charge in [0.2, 0.25) is 5.91 Å². The van der Waals surface area contributed by atoms with Gasteiger partial charge in [0.05, 0.1) is 28.4 Å². The van der Waals surface area contributed by atoms with Crippen molar-refractivity contribution in [1.82, 2.24) is 19.9 Å². The van der Waals surface area contributed by atoms with E-state index in [1.807, 2.05) is 13.0 Å². The van der Waals surface area contributed by atoms with Crippen LogP contribution in [0.3, 0.4) is 0 Å². The molecule has 3 heterocycles. The first-order valence-electron chi connectivity index (χ1n) is 12.5. The Morgan fingerprint density at radius 1 is 1.11 bits per heavy atom. The summed E-state index contributed by atoms with van der Waals surface area (Å²) < 4.78 is 45.0. The summed E-state index contributed by atoms with van der Waals surface area (Å²) in [5.74, 6) is -4.00. The fraction of sp³-hybridized carbons (Fsp3) is 0.481. The Morgan fingerprint density at radius 2 is 1.76 bits per heavy atom. The molecule has 11 heteroatoms. The molecule has 0 saturated carbocycles. The fourth-order valence-electron chi connectivity index (χ4n) is 4.67. The minimum absolute atomic E-state index is 0.0106. The van der Waals surface area contributed by atoms with Crippen LogP contribution in [0, 0.1) is 19.7 Å². The molecule has 38 heavy (non-hydrogen) atoms. The molecule has 2 N–H and O–H groups in total. The van der Waals surface area contributed by atoms with Crippen LogP contribution in [0.25, 0.3) is 11.0 Å². The number of aliphatic hydroxyl groups is 1. The van der Waals surface area contributed by atoms with Crippen molar-refractivity contribution in [1.29, 1.82) is 0 Å². The zero-order valence-corrected chi connectivity index (χ0v) is 22.4. The van der Waals surface area contributed by atoms with E-state index in [9.17, 15) is 18.7 Å². The van der Waals surface area contributed by atoms with Gasteiger partial charge in [0.1, 0.15) is 23.1 Å². The smallest absolute Gasteiger partial charge is 0.303 e. The number of piperazine rings is 1. The number of nitrogens with one attached hydrogen (secondary N) is 1. The van der Waals surface area contributed by atoms with Gasteiger partial charge in [-0.3, -0.25) is 4.79 Å². The van der Waals surface area contributed by atoms with E-state index in [-0.39, 0.29) is 11.5 Å². The number of hydrogen-bond acceptors (Lipinski definition) is 7. The molecule has 1 aliphatic rings. The summed E-state index contributed by atoms with van der Waals surface area (Å²) >= 11 is 0. The number of anilines is 2. The minimum Gasteiger partial charge on any atom is -0.384 e. The average molecular weight is 531 g/mol. The number of fused-ring (bicyclic) bond motifs is 1. The molecule has 2 aromatic heterocycles. The predicted octanol–water partition coefficient (Wildman–Crippen LogP) is 4.49. The van der Waals surface area contributed by atoms with Crippen LogP contribution in [-0.2, 0) is 10.7 Å². The summed E-state index contributed by atoms with van der Waals surface area (Å²) in [6.45, 7) is 11.2. The van der Waals surface area contributed by atoms with Crippen LogP contribution < -0.4 is 10.2 Å². The van der Waals surface area contributed by atoms with Crippen molar-refractivity contribution in [3.8, 4) is 0 Å². The number of amides is 1. The van der Waals surface area contributed by atoms with Crippen molar-refractivity contribution in [2.45, 2.75) is 59.1 Å². The third kappa shape index (κ3) is 5.11. The molecule has 0 bridgehead atoms. The highest BCUT2D eigenvalue weighted by Gasteiger charge is 2.49. The Labute approximate surface area is 219 Å². The average Bonchev–Trinajstić information content (AvgIpc) is 2.82. The molecule has 4 rings (SSSR count). The van der Waals surface area contributed by atoms with Gasteiger partial charge in [0, 0.05) is 38.7 Å². The van der Waals surface area contributed by atoms with Gasteiger partial charge in [-0.25, -0.2) is 19.3 Å². The van der Waals surface area contributed by atoms with E-state index in [1.54, 1.807) is 25.7 Å². The van der Waals surface area contributed by atoms with Crippen molar-refractivity contribution in [2.24, 2.45) is 0 Å². The first-order valence-corrected chi connectivity index (χ1v) is 12.5. The Morgan fingerprint density at radius 3 is 2.37 bits per heavy atom. The van der Waals surface area contributed by atoms with Gasteiger partial charge in [0.25, 0.3) is 0 Å². The number of hydrogen-bond donors (Lipinski definition) is 2. The number of nitrogens with zero attached hydrogens (tertiary/aromatic N) is 5. The number of pyridine rings is 1. The second kappa shape index (κ2) is 10.0. The summed E-state index contributed by atoms with van der Waals surface area (Å²) in [6, 6.07) is 4.94. The lowest BCUT2D eigenvalue weighted by Crippen LogP contribution is -2.48. The van der Waals surface area contributed by atoms with Crippen molar-refractivity contribution in [3.05, 3.63) is 52.7 Å². The minimum atomic E-state index is -3.80. The highest BCUT2D eigenvalue weighted by atomic mass is 19.3. The topological polar surface area (TPSA) is 94.5 Å². The SMILES string of the molecule is CC(=O)N1CCN(c2cc3c(NC(C)c4cccc(C(F)(F)C(C)(C)O)c4F)nc(C)nc3nc2C)CC1. The Kier molecular flexibility index (Phi) is 7.26. The van der Waals surface area contributed by atoms with E-state index >= 15 is 4.39 Å². The van der Waals surface area contributed by atoms with Gasteiger partial charge in [-0.15, -0.1) is 0 Å². The van der Waals surface area contributed by atoms with Crippen LogP contribution in [-0.4, -0.2) is 62.6 Å². The molecule has 0 spiro atoms. The van der Waals surface area contributed by atoms with Crippen LogP contribution in [0.15, 0.2) is 24.3 Å².